The van der Waals surface area contributed by atoms with E-state index >= 15 is 0 Å². The Labute approximate surface area is 212 Å². The summed E-state index contributed by atoms with van der Waals surface area (Å²) in [7, 11) is -2.30. The molecule has 1 aromatic heterocycles. The van der Waals surface area contributed by atoms with Crippen molar-refractivity contribution in [3.63, 3.8) is 0 Å². The molecular weight excluding hydrogens is 480 g/mol. The van der Waals surface area contributed by atoms with Gasteiger partial charge < -0.3 is 9.64 Å². The minimum absolute atomic E-state index is 0.163. The zero-order valence-electron chi connectivity index (χ0n) is 20.4. The third-order valence-corrected chi connectivity index (χ3v) is 9.40. The molecule has 1 amide bonds. The Kier molecular flexibility index (Phi) is 7.94. The van der Waals surface area contributed by atoms with Gasteiger partial charge >= 0.3 is 0 Å². The molecule has 0 fully saturated rings. The SMILES string of the molecule is CCCCN(CC(=O)N1CCc2sccc2C1c1ccccc1C)S(=O)(=O)c1ccc(OC)cc1. The lowest BCUT2D eigenvalue weighted by atomic mass is 9.90. The van der Waals surface area contributed by atoms with E-state index in [0.29, 0.717) is 25.3 Å². The molecule has 1 aliphatic heterocycles. The molecule has 0 saturated carbocycles. The van der Waals surface area contributed by atoms with Crippen LogP contribution in [0.25, 0.3) is 0 Å². The van der Waals surface area contributed by atoms with E-state index in [0.717, 1.165) is 29.5 Å². The van der Waals surface area contributed by atoms with Gasteiger partial charge in [-0.15, -0.1) is 11.3 Å². The molecule has 2 heterocycles. The van der Waals surface area contributed by atoms with E-state index in [4.69, 9.17) is 4.74 Å². The summed E-state index contributed by atoms with van der Waals surface area (Å²) < 4.78 is 33.6. The zero-order valence-corrected chi connectivity index (χ0v) is 22.1. The minimum Gasteiger partial charge on any atom is -0.497 e. The van der Waals surface area contributed by atoms with Gasteiger partial charge in [0.05, 0.1) is 24.6 Å². The number of thiophene rings is 1. The number of hydrogen-bond donors (Lipinski definition) is 0. The van der Waals surface area contributed by atoms with Crippen LogP contribution in [-0.4, -0.2) is 50.3 Å². The van der Waals surface area contributed by atoms with Crippen LogP contribution in [0, 0.1) is 6.92 Å². The van der Waals surface area contributed by atoms with Gasteiger partial charge in [0, 0.05) is 18.0 Å². The smallest absolute Gasteiger partial charge is 0.243 e. The maximum atomic E-state index is 13.8. The summed E-state index contributed by atoms with van der Waals surface area (Å²) in [6.45, 7) is 4.74. The number of rotatable bonds is 9. The lowest BCUT2D eigenvalue weighted by Gasteiger charge is -2.38. The summed E-state index contributed by atoms with van der Waals surface area (Å²) in [5, 5.41) is 2.08. The van der Waals surface area contributed by atoms with Crippen molar-refractivity contribution in [3.05, 3.63) is 81.5 Å². The zero-order chi connectivity index (χ0) is 25.0. The third-order valence-electron chi connectivity index (χ3n) is 6.54. The third kappa shape index (κ3) is 5.29. The Hall–Kier alpha value is -2.68. The topological polar surface area (TPSA) is 66.9 Å². The second-order valence-corrected chi connectivity index (χ2v) is 11.7. The van der Waals surface area contributed by atoms with Gasteiger partial charge in [-0.2, -0.15) is 4.31 Å². The van der Waals surface area contributed by atoms with E-state index in [2.05, 4.69) is 30.5 Å². The molecule has 0 aliphatic carbocycles. The van der Waals surface area contributed by atoms with E-state index in [1.54, 1.807) is 23.5 Å². The van der Waals surface area contributed by atoms with E-state index in [-0.39, 0.29) is 23.4 Å². The Balaban J connectivity index is 1.65. The largest absolute Gasteiger partial charge is 0.497 e. The summed E-state index contributed by atoms with van der Waals surface area (Å²) in [6.07, 6.45) is 2.29. The summed E-state index contributed by atoms with van der Waals surface area (Å²) >= 11 is 1.72. The molecule has 35 heavy (non-hydrogen) atoms. The van der Waals surface area contributed by atoms with E-state index in [1.165, 1.54) is 28.4 Å². The fraction of sp³-hybridized carbons (Fsp3) is 0.370. The van der Waals surface area contributed by atoms with Crippen LogP contribution in [0.4, 0.5) is 0 Å². The fourth-order valence-electron chi connectivity index (χ4n) is 4.57. The number of carbonyl (C=O) groups excluding carboxylic acids is 1. The number of methoxy groups -OCH3 is 1. The van der Waals surface area contributed by atoms with Crippen molar-refractivity contribution in [1.29, 1.82) is 0 Å². The molecule has 0 spiro atoms. The monoisotopic (exact) mass is 512 g/mol. The van der Waals surface area contributed by atoms with Crippen LogP contribution >= 0.6 is 11.3 Å². The number of ether oxygens (including phenoxy) is 1. The van der Waals surface area contributed by atoms with Gasteiger partial charge in [-0.3, -0.25) is 4.79 Å². The molecule has 2 aromatic carbocycles. The first-order valence-electron chi connectivity index (χ1n) is 11.9. The van der Waals surface area contributed by atoms with Crippen LogP contribution in [0.3, 0.4) is 0 Å². The predicted molar refractivity (Wildman–Crippen MR) is 139 cm³/mol. The van der Waals surface area contributed by atoms with Gasteiger partial charge in [-0.1, -0.05) is 37.6 Å². The second-order valence-electron chi connectivity index (χ2n) is 8.76. The highest BCUT2D eigenvalue weighted by molar-refractivity contribution is 7.89. The van der Waals surface area contributed by atoms with Crippen LogP contribution in [-0.2, 0) is 21.2 Å². The first kappa shape index (κ1) is 25.4. The van der Waals surface area contributed by atoms with Crippen LogP contribution in [0.15, 0.2) is 64.9 Å². The number of aryl methyl sites for hydroxylation is 1. The number of unbranched alkanes of at least 4 members (excludes halogenated alkanes) is 1. The molecule has 186 valence electrons. The van der Waals surface area contributed by atoms with Crippen molar-refractivity contribution in [2.45, 2.75) is 44.0 Å². The molecule has 0 N–H and O–H groups in total. The van der Waals surface area contributed by atoms with Crippen molar-refractivity contribution in [1.82, 2.24) is 9.21 Å². The summed E-state index contributed by atoms with van der Waals surface area (Å²) in [6, 6.07) is 16.3. The van der Waals surface area contributed by atoms with Crippen molar-refractivity contribution in [3.8, 4) is 5.75 Å². The molecule has 1 unspecified atom stereocenters. The molecule has 8 heteroatoms. The van der Waals surface area contributed by atoms with Crippen LogP contribution < -0.4 is 4.74 Å². The first-order valence-corrected chi connectivity index (χ1v) is 14.2. The van der Waals surface area contributed by atoms with Gasteiger partial charge in [-0.25, -0.2) is 8.42 Å². The number of amides is 1. The van der Waals surface area contributed by atoms with E-state index in [1.807, 2.05) is 24.0 Å². The van der Waals surface area contributed by atoms with Gasteiger partial charge in [0.15, 0.2) is 0 Å². The Morgan fingerprint density at radius 1 is 1.11 bits per heavy atom. The van der Waals surface area contributed by atoms with Gasteiger partial charge in [0.25, 0.3) is 0 Å². The van der Waals surface area contributed by atoms with Crippen molar-refractivity contribution in [2.24, 2.45) is 0 Å². The summed E-state index contributed by atoms with van der Waals surface area (Å²) in [5.74, 6) is 0.407. The number of sulfonamides is 1. The standard InChI is InChI=1S/C27H32N2O4S2/c1-4-5-16-28(35(31,32)22-12-10-21(33-3)11-13-22)19-26(30)29-17-14-25-24(15-18-34-25)27(29)23-9-7-6-8-20(23)2/h6-13,15,18,27H,4-5,14,16-17,19H2,1-3H3. The minimum atomic E-state index is -3.84. The van der Waals surface area contributed by atoms with Gasteiger partial charge in [0.2, 0.25) is 15.9 Å². The van der Waals surface area contributed by atoms with Crippen molar-refractivity contribution >= 4 is 27.3 Å². The highest BCUT2D eigenvalue weighted by Gasteiger charge is 2.36. The normalized spacial score (nSPS) is 15.8. The van der Waals surface area contributed by atoms with Gasteiger partial charge in [0.1, 0.15) is 5.75 Å². The number of benzene rings is 2. The quantitative estimate of drug-likeness (QED) is 0.403. The molecule has 6 nitrogen and oxygen atoms in total. The molecule has 3 aromatic rings. The summed E-state index contributed by atoms with van der Waals surface area (Å²) in [4.78, 5) is 17.1. The van der Waals surface area contributed by atoms with E-state index in [9.17, 15) is 13.2 Å². The Morgan fingerprint density at radius 2 is 1.86 bits per heavy atom. The molecule has 4 rings (SSSR count). The molecule has 1 atom stereocenters. The molecule has 0 bridgehead atoms. The number of hydrogen-bond acceptors (Lipinski definition) is 5. The Morgan fingerprint density at radius 3 is 2.54 bits per heavy atom. The van der Waals surface area contributed by atoms with Crippen LogP contribution in [0.2, 0.25) is 0 Å². The maximum Gasteiger partial charge on any atom is 0.243 e. The fourth-order valence-corrected chi connectivity index (χ4v) is 6.90. The van der Waals surface area contributed by atoms with Crippen molar-refractivity contribution < 1.29 is 17.9 Å². The maximum absolute atomic E-state index is 13.8. The number of carbonyl (C=O) groups is 1. The van der Waals surface area contributed by atoms with Crippen molar-refractivity contribution in [2.75, 3.05) is 26.7 Å². The lowest BCUT2D eigenvalue weighted by Crippen LogP contribution is -2.47. The number of nitrogens with zero attached hydrogens (tertiary/aromatic N) is 2. The Bertz CT molecular complexity index is 1270. The van der Waals surface area contributed by atoms with Crippen LogP contribution in [0.1, 0.15) is 47.4 Å². The summed E-state index contributed by atoms with van der Waals surface area (Å²) in [5.41, 5.74) is 3.34. The van der Waals surface area contributed by atoms with E-state index < -0.39 is 10.0 Å². The average Bonchev–Trinajstić information content (AvgIpc) is 3.35. The predicted octanol–water partition coefficient (Wildman–Crippen LogP) is 5.03. The molecule has 0 saturated heterocycles. The molecule has 0 radical (unpaired) electrons. The first-order chi connectivity index (χ1) is 16.9. The highest BCUT2D eigenvalue weighted by atomic mass is 32.2. The highest BCUT2D eigenvalue weighted by Crippen LogP contribution is 2.39. The molecule has 1 aliphatic rings. The van der Waals surface area contributed by atoms with Crippen LogP contribution in [0.5, 0.6) is 5.75 Å². The van der Waals surface area contributed by atoms with Gasteiger partial charge in [-0.05, 0) is 72.2 Å². The lowest BCUT2D eigenvalue weighted by molar-refractivity contribution is -0.133. The molecular formula is C27H32N2O4S2. The second kappa shape index (κ2) is 10.9. The number of fused-ring (bicyclic) bond motifs is 1. The average molecular weight is 513 g/mol.